The number of amides is 1. The van der Waals surface area contributed by atoms with Crippen molar-refractivity contribution in [3.05, 3.63) is 20.8 Å². The lowest BCUT2D eigenvalue weighted by Gasteiger charge is -2.43. The Bertz CT molecular complexity index is 639. The van der Waals surface area contributed by atoms with Gasteiger partial charge in [-0.1, -0.05) is 0 Å². The summed E-state index contributed by atoms with van der Waals surface area (Å²) >= 11 is 6.98. The van der Waals surface area contributed by atoms with Crippen LogP contribution in [0, 0.1) is 0 Å². The van der Waals surface area contributed by atoms with Crippen molar-refractivity contribution in [1.82, 2.24) is 14.8 Å². The first kappa shape index (κ1) is 11.8. The zero-order chi connectivity index (χ0) is 13.4. The minimum Gasteiger partial charge on any atom is -0.370 e. The van der Waals surface area contributed by atoms with Gasteiger partial charge in [-0.2, -0.15) is 0 Å². The molecule has 4 rings (SSSR count). The molecule has 1 fully saturated rings. The van der Waals surface area contributed by atoms with Crippen LogP contribution < -0.4 is 11.1 Å². The fourth-order valence-electron chi connectivity index (χ4n) is 3.36. The molecule has 1 spiro atoms. The van der Waals surface area contributed by atoms with Crippen LogP contribution in [0.3, 0.4) is 0 Å². The maximum Gasteiger partial charge on any atom is 0.272 e. The molecule has 8 heteroatoms. The molecule has 3 aliphatic rings. The topological polar surface area (TPSA) is 75.6 Å². The second-order valence-electron chi connectivity index (χ2n) is 5.04. The van der Waals surface area contributed by atoms with E-state index in [2.05, 4.69) is 42.2 Å². The monoisotopic (exact) mass is 387 g/mol. The van der Waals surface area contributed by atoms with Crippen molar-refractivity contribution >= 4 is 43.7 Å². The second-order valence-corrected chi connectivity index (χ2v) is 6.64. The van der Waals surface area contributed by atoms with Gasteiger partial charge in [0.2, 0.25) is 0 Å². The van der Waals surface area contributed by atoms with Crippen LogP contribution in [0.15, 0.2) is 20.1 Å². The van der Waals surface area contributed by atoms with Gasteiger partial charge < -0.3 is 20.5 Å². The van der Waals surface area contributed by atoms with Gasteiger partial charge in [-0.05, 0) is 50.8 Å². The molecule has 1 aromatic rings. The first-order chi connectivity index (χ1) is 9.04. The Labute approximate surface area is 126 Å². The van der Waals surface area contributed by atoms with Gasteiger partial charge in [0.1, 0.15) is 10.3 Å². The number of guanidine groups is 1. The van der Waals surface area contributed by atoms with E-state index in [1.165, 1.54) is 0 Å². The predicted octanol–water partition coefficient (Wildman–Crippen LogP) is 1.38. The van der Waals surface area contributed by atoms with Crippen molar-refractivity contribution in [2.75, 3.05) is 6.54 Å². The number of nitrogens with one attached hydrogen (secondary N) is 1. The third kappa shape index (κ3) is 1.26. The summed E-state index contributed by atoms with van der Waals surface area (Å²) in [5.74, 6) is 0.423. The van der Waals surface area contributed by atoms with Crippen molar-refractivity contribution in [3.63, 3.8) is 0 Å². The van der Waals surface area contributed by atoms with Crippen molar-refractivity contribution in [2.45, 2.75) is 24.7 Å². The van der Waals surface area contributed by atoms with E-state index in [-0.39, 0.29) is 12.1 Å². The molecule has 0 aliphatic carbocycles. The van der Waals surface area contributed by atoms with Crippen molar-refractivity contribution in [3.8, 4) is 0 Å². The van der Waals surface area contributed by atoms with Crippen LogP contribution in [0.2, 0.25) is 0 Å². The van der Waals surface area contributed by atoms with E-state index in [1.807, 2.05) is 15.5 Å². The number of hydrogen-bond acceptors (Lipinski definition) is 4. The summed E-state index contributed by atoms with van der Waals surface area (Å²) in [6, 6.07) is 1.83. The number of nitrogens with zero attached hydrogens (tertiary/aromatic N) is 3. The highest BCUT2D eigenvalue weighted by molar-refractivity contribution is 9.13. The highest BCUT2D eigenvalue weighted by Crippen LogP contribution is 2.47. The molecule has 0 radical (unpaired) electrons. The number of hydrogen-bond donors (Lipinski definition) is 2. The number of aliphatic imine (C=N–C) groups is 1. The fraction of sp³-hybridized carbons (Fsp3) is 0.455. The van der Waals surface area contributed by atoms with Crippen LogP contribution in [0.25, 0.3) is 0 Å². The lowest BCUT2D eigenvalue weighted by Crippen LogP contribution is -2.63. The van der Waals surface area contributed by atoms with Crippen LogP contribution in [-0.4, -0.2) is 33.5 Å². The molecule has 0 aromatic carbocycles. The zero-order valence-electron chi connectivity index (χ0n) is 9.86. The van der Waals surface area contributed by atoms with E-state index in [9.17, 15) is 4.79 Å². The summed E-state index contributed by atoms with van der Waals surface area (Å²) in [5, 5.41) is 3.21. The molecule has 0 bridgehead atoms. The van der Waals surface area contributed by atoms with E-state index in [0.29, 0.717) is 11.7 Å². The molecule has 0 unspecified atom stereocenters. The Kier molecular flexibility index (Phi) is 2.20. The quantitative estimate of drug-likeness (QED) is 0.704. The number of carbonyl (C=O) groups excluding carboxylic acids is 1. The number of aromatic nitrogens is 1. The third-order valence-corrected chi connectivity index (χ3v) is 6.04. The van der Waals surface area contributed by atoms with Gasteiger partial charge in [-0.3, -0.25) is 4.79 Å². The van der Waals surface area contributed by atoms with Crippen molar-refractivity contribution in [2.24, 2.45) is 10.7 Å². The van der Waals surface area contributed by atoms with Gasteiger partial charge >= 0.3 is 0 Å². The Morgan fingerprint density at radius 1 is 1.53 bits per heavy atom. The Hall–Kier alpha value is -1.02. The maximum absolute atomic E-state index is 12.6. The van der Waals surface area contributed by atoms with E-state index in [1.54, 1.807) is 0 Å². The largest absolute Gasteiger partial charge is 0.370 e. The Morgan fingerprint density at radius 3 is 3.11 bits per heavy atom. The number of rotatable bonds is 0. The molecule has 1 aromatic heterocycles. The first-order valence-electron chi connectivity index (χ1n) is 6.04. The van der Waals surface area contributed by atoms with Gasteiger partial charge in [-0.25, -0.2) is 4.99 Å². The molecule has 4 heterocycles. The summed E-state index contributed by atoms with van der Waals surface area (Å²) in [6.07, 6.45) is 1.61. The number of nitrogens with two attached hydrogens (primary N) is 1. The Morgan fingerprint density at radius 2 is 2.32 bits per heavy atom. The van der Waals surface area contributed by atoms with Crippen molar-refractivity contribution < 1.29 is 4.79 Å². The predicted molar refractivity (Wildman–Crippen MR) is 76.6 cm³/mol. The highest BCUT2D eigenvalue weighted by Gasteiger charge is 2.58. The van der Waals surface area contributed by atoms with Gasteiger partial charge in [0, 0.05) is 6.54 Å². The molecule has 2 atom stereocenters. The van der Waals surface area contributed by atoms with Crippen LogP contribution in [0.4, 0.5) is 0 Å². The van der Waals surface area contributed by atoms with Crippen molar-refractivity contribution in [1.29, 1.82) is 0 Å². The molecule has 1 saturated heterocycles. The Balaban J connectivity index is 2.01. The lowest BCUT2D eigenvalue weighted by atomic mass is 10.0. The summed E-state index contributed by atoms with van der Waals surface area (Å²) in [6.45, 7) is 0.742. The van der Waals surface area contributed by atoms with E-state index in [0.717, 1.165) is 28.5 Å². The van der Waals surface area contributed by atoms with Crippen LogP contribution in [0.1, 0.15) is 29.5 Å². The number of carbonyl (C=O) groups is 1. The summed E-state index contributed by atoms with van der Waals surface area (Å²) in [7, 11) is 0. The maximum atomic E-state index is 12.6. The van der Waals surface area contributed by atoms with Gasteiger partial charge in [-0.15, -0.1) is 0 Å². The molecule has 19 heavy (non-hydrogen) atoms. The molecule has 3 aliphatic heterocycles. The number of fused-ring (bicyclic) bond motifs is 2. The zero-order valence-corrected chi connectivity index (χ0v) is 13.0. The molecule has 100 valence electrons. The van der Waals surface area contributed by atoms with E-state index in [4.69, 9.17) is 5.73 Å². The molecule has 3 N–H and O–H groups in total. The van der Waals surface area contributed by atoms with E-state index >= 15 is 0 Å². The average Bonchev–Trinajstić information content (AvgIpc) is 2.99. The average molecular weight is 389 g/mol. The third-order valence-electron chi connectivity index (χ3n) is 4.09. The SMILES string of the molecule is NC1=N[C@@H]2n3c(cc(Br)c3Br)C(=O)N3CCC[C@]23N1. The van der Waals surface area contributed by atoms with Gasteiger partial charge in [0.15, 0.2) is 17.8 Å². The standard InChI is InChI=1S/C11H11Br2N5O/c12-5-4-6-8(19)17-3-1-2-11(17)9(15-10(14)16-11)18(6)7(5)13/h4,9H,1-3H2,(H3,14,15,16)/t9-,11-/m1/s1. The summed E-state index contributed by atoms with van der Waals surface area (Å²) < 4.78 is 3.60. The molecule has 0 saturated carbocycles. The minimum absolute atomic E-state index is 0.0255. The lowest BCUT2D eigenvalue weighted by molar-refractivity contribution is 0.0323. The summed E-state index contributed by atoms with van der Waals surface area (Å²) in [4.78, 5) is 19.0. The molecular formula is C11H11Br2N5O. The number of halogens is 2. The fourth-order valence-corrected chi connectivity index (χ4v) is 4.27. The molecule has 6 nitrogen and oxygen atoms in total. The van der Waals surface area contributed by atoms with Crippen LogP contribution >= 0.6 is 31.9 Å². The van der Waals surface area contributed by atoms with Gasteiger partial charge in [0.05, 0.1) is 4.47 Å². The first-order valence-corrected chi connectivity index (χ1v) is 7.63. The van der Waals surface area contributed by atoms with Crippen LogP contribution in [-0.2, 0) is 0 Å². The second kappa shape index (κ2) is 3.54. The smallest absolute Gasteiger partial charge is 0.272 e. The minimum atomic E-state index is -0.491. The van der Waals surface area contributed by atoms with Gasteiger partial charge in [0.25, 0.3) is 5.91 Å². The van der Waals surface area contributed by atoms with E-state index < -0.39 is 5.66 Å². The summed E-state index contributed by atoms with van der Waals surface area (Å²) in [5.41, 5.74) is 6.01. The normalized spacial score (nSPS) is 31.7. The molecular weight excluding hydrogens is 378 g/mol. The highest BCUT2D eigenvalue weighted by atomic mass is 79.9. The molecule has 1 amide bonds. The van der Waals surface area contributed by atoms with Crippen LogP contribution in [0.5, 0.6) is 0 Å².